The maximum atomic E-state index is 12.1. The minimum absolute atomic E-state index is 0.0942. The molecule has 1 heterocycles. The average molecular weight is 295 g/mol. The summed E-state index contributed by atoms with van der Waals surface area (Å²) in [4.78, 5) is 14.9. The molecule has 1 aromatic carbocycles. The van der Waals surface area contributed by atoms with Gasteiger partial charge in [-0.3, -0.25) is 4.79 Å². The lowest BCUT2D eigenvalue weighted by Crippen LogP contribution is -2.46. The Morgan fingerprint density at radius 3 is 2.75 bits per heavy atom. The van der Waals surface area contributed by atoms with Gasteiger partial charge in [0, 0.05) is 18.0 Å². The molecule has 1 amide bonds. The number of thioether (sulfide) groups is 1. The number of rotatable bonds is 4. The minimum atomic E-state index is -0.390. The summed E-state index contributed by atoms with van der Waals surface area (Å²) in [5.74, 6) is 1.60. The number of hydrogen-bond donors (Lipinski definition) is 1. The molecular weight excluding hydrogens is 274 g/mol. The van der Waals surface area contributed by atoms with Crippen molar-refractivity contribution in [3.63, 3.8) is 0 Å². The van der Waals surface area contributed by atoms with E-state index in [0.717, 1.165) is 23.6 Å². The molecule has 20 heavy (non-hydrogen) atoms. The molecule has 1 fully saturated rings. The van der Waals surface area contributed by atoms with Gasteiger partial charge in [0.15, 0.2) is 0 Å². The number of likely N-dealkylation sites (tertiary alicyclic amines) is 1. The molecule has 0 bridgehead atoms. The first-order valence-corrected chi connectivity index (χ1v) is 7.81. The first kappa shape index (κ1) is 15.2. The van der Waals surface area contributed by atoms with Crippen LogP contribution in [0.2, 0.25) is 0 Å². The normalized spacial score (nSPS) is 22.6. The van der Waals surface area contributed by atoms with Crippen LogP contribution in [0.1, 0.15) is 13.3 Å². The van der Waals surface area contributed by atoms with E-state index in [1.807, 2.05) is 31.2 Å². The van der Waals surface area contributed by atoms with Gasteiger partial charge >= 0.3 is 0 Å². The van der Waals surface area contributed by atoms with Crippen molar-refractivity contribution in [1.29, 1.82) is 0 Å². The Labute approximate surface area is 124 Å². The topological polar surface area (TPSA) is 49.8 Å². The third-order valence-electron chi connectivity index (χ3n) is 3.69. The Hall–Kier alpha value is -1.20. The fourth-order valence-corrected chi connectivity index (χ4v) is 2.98. The molecule has 0 radical (unpaired) electrons. The number of aliphatic hydroxyl groups excluding tert-OH is 1. The summed E-state index contributed by atoms with van der Waals surface area (Å²) in [7, 11) is 1.63. The molecule has 1 saturated heterocycles. The van der Waals surface area contributed by atoms with Crippen molar-refractivity contribution in [2.45, 2.75) is 24.3 Å². The number of methoxy groups -OCH3 is 1. The predicted octanol–water partition coefficient (Wildman–Crippen LogP) is 2.02. The van der Waals surface area contributed by atoms with Crippen molar-refractivity contribution < 1.29 is 14.6 Å². The van der Waals surface area contributed by atoms with Gasteiger partial charge in [0.25, 0.3) is 0 Å². The number of piperidine rings is 1. The maximum absolute atomic E-state index is 12.1. The van der Waals surface area contributed by atoms with Gasteiger partial charge in [-0.25, -0.2) is 0 Å². The van der Waals surface area contributed by atoms with E-state index >= 15 is 0 Å². The molecule has 0 saturated carbocycles. The summed E-state index contributed by atoms with van der Waals surface area (Å²) in [6.07, 6.45) is 0.485. The summed E-state index contributed by atoms with van der Waals surface area (Å²) < 4.78 is 5.10. The Morgan fingerprint density at radius 2 is 2.15 bits per heavy atom. The number of ether oxygens (including phenoxy) is 1. The second-order valence-electron chi connectivity index (χ2n) is 5.14. The van der Waals surface area contributed by atoms with Crippen molar-refractivity contribution in [2.24, 2.45) is 5.92 Å². The lowest BCUT2D eigenvalue weighted by Gasteiger charge is -2.34. The van der Waals surface area contributed by atoms with Gasteiger partial charge in [0.05, 0.1) is 19.0 Å². The molecule has 0 spiro atoms. The highest BCUT2D eigenvalue weighted by Crippen LogP contribution is 2.23. The fraction of sp³-hybridized carbons (Fsp3) is 0.533. The largest absolute Gasteiger partial charge is 0.497 e. The smallest absolute Gasteiger partial charge is 0.233 e. The number of carbonyl (C=O) groups excluding carboxylic acids is 1. The Morgan fingerprint density at radius 1 is 1.45 bits per heavy atom. The number of carbonyl (C=O) groups is 1. The van der Waals surface area contributed by atoms with Crippen LogP contribution in [0.4, 0.5) is 0 Å². The van der Waals surface area contributed by atoms with Gasteiger partial charge in [-0.05, 0) is 36.6 Å². The first-order valence-electron chi connectivity index (χ1n) is 6.83. The zero-order valence-corrected chi connectivity index (χ0v) is 12.7. The average Bonchev–Trinajstić information content (AvgIpc) is 2.48. The molecule has 5 heteroatoms. The van der Waals surface area contributed by atoms with E-state index in [2.05, 4.69) is 0 Å². The van der Waals surface area contributed by atoms with Crippen molar-refractivity contribution in [3.05, 3.63) is 24.3 Å². The van der Waals surface area contributed by atoms with Gasteiger partial charge in [-0.1, -0.05) is 6.92 Å². The SMILES string of the molecule is COc1ccc(SCC(=O)N2CCC(C)C(O)C2)cc1. The van der Waals surface area contributed by atoms with Gasteiger partial charge in [-0.2, -0.15) is 0 Å². The minimum Gasteiger partial charge on any atom is -0.497 e. The van der Waals surface area contributed by atoms with Crippen LogP contribution < -0.4 is 4.74 Å². The van der Waals surface area contributed by atoms with Crippen LogP contribution in [-0.2, 0) is 4.79 Å². The summed E-state index contributed by atoms with van der Waals surface area (Å²) in [6.45, 7) is 3.24. The first-order chi connectivity index (χ1) is 9.60. The number of β-amino-alcohol motifs (C(OH)–C–C–N with tert-alkyl or cyclic N) is 1. The highest BCUT2D eigenvalue weighted by atomic mass is 32.2. The zero-order valence-electron chi connectivity index (χ0n) is 11.9. The molecule has 110 valence electrons. The summed E-state index contributed by atoms with van der Waals surface area (Å²) in [6, 6.07) is 7.67. The van der Waals surface area contributed by atoms with Gasteiger partial charge in [0.2, 0.25) is 5.91 Å². The van der Waals surface area contributed by atoms with Crippen LogP contribution in [0.25, 0.3) is 0 Å². The molecular formula is C15H21NO3S. The van der Waals surface area contributed by atoms with E-state index in [1.165, 1.54) is 11.8 Å². The maximum Gasteiger partial charge on any atom is 0.233 e. The highest BCUT2D eigenvalue weighted by molar-refractivity contribution is 8.00. The third-order valence-corrected chi connectivity index (χ3v) is 4.69. The van der Waals surface area contributed by atoms with Gasteiger partial charge < -0.3 is 14.7 Å². The predicted molar refractivity (Wildman–Crippen MR) is 80.1 cm³/mol. The van der Waals surface area contributed by atoms with E-state index in [4.69, 9.17) is 4.74 Å². The number of benzene rings is 1. The van der Waals surface area contributed by atoms with E-state index in [0.29, 0.717) is 12.3 Å². The summed E-state index contributed by atoms with van der Waals surface area (Å²) in [5, 5.41) is 9.83. The van der Waals surface area contributed by atoms with Gasteiger partial charge in [0.1, 0.15) is 5.75 Å². The lowest BCUT2D eigenvalue weighted by molar-refractivity contribution is -0.132. The fourth-order valence-electron chi connectivity index (χ4n) is 2.18. The second kappa shape index (κ2) is 6.99. The molecule has 1 aromatic rings. The standard InChI is InChI=1S/C15H21NO3S/c1-11-7-8-16(9-14(11)17)15(18)10-20-13-5-3-12(19-2)4-6-13/h3-6,11,14,17H,7-10H2,1-2H3. The zero-order chi connectivity index (χ0) is 14.5. The van der Waals surface area contributed by atoms with Crippen LogP contribution in [-0.4, -0.2) is 48.0 Å². The Bertz CT molecular complexity index is 449. The molecule has 1 N–H and O–H groups in total. The van der Waals surface area contributed by atoms with Crippen LogP contribution in [0.15, 0.2) is 29.2 Å². The quantitative estimate of drug-likeness (QED) is 0.863. The van der Waals surface area contributed by atoms with Crippen LogP contribution >= 0.6 is 11.8 Å². The van der Waals surface area contributed by atoms with E-state index in [9.17, 15) is 9.90 Å². The molecule has 2 unspecified atom stereocenters. The van der Waals surface area contributed by atoms with Gasteiger partial charge in [-0.15, -0.1) is 11.8 Å². The number of aliphatic hydroxyl groups is 1. The third kappa shape index (κ3) is 3.90. The van der Waals surface area contributed by atoms with Crippen molar-refractivity contribution in [2.75, 3.05) is 26.0 Å². The monoisotopic (exact) mass is 295 g/mol. The van der Waals surface area contributed by atoms with E-state index < -0.39 is 6.10 Å². The summed E-state index contributed by atoms with van der Waals surface area (Å²) in [5.41, 5.74) is 0. The molecule has 2 atom stereocenters. The molecule has 1 aliphatic heterocycles. The number of hydrogen-bond acceptors (Lipinski definition) is 4. The van der Waals surface area contributed by atoms with Crippen molar-refractivity contribution >= 4 is 17.7 Å². The molecule has 4 nitrogen and oxygen atoms in total. The molecule has 0 aromatic heterocycles. The van der Waals surface area contributed by atoms with Crippen molar-refractivity contribution in [3.8, 4) is 5.75 Å². The van der Waals surface area contributed by atoms with Crippen LogP contribution in [0.3, 0.4) is 0 Å². The highest BCUT2D eigenvalue weighted by Gasteiger charge is 2.26. The molecule has 0 aliphatic carbocycles. The molecule has 2 rings (SSSR count). The number of nitrogens with zero attached hydrogens (tertiary/aromatic N) is 1. The summed E-state index contributed by atoms with van der Waals surface area (Å²) >= 11 is 1.51. The van der Waals surface area contributed by atoms with Crippen LogP contribution in [0.5, 0.6) is 5.75 Å². The Balaban J connectivity index is 1.82. The lowest BCUT2D eigenvalue weighted by atomic mass is 9.96. The molecule has 1 aliphatic rings. The van der Waals surface area contributed by atoms with Crippen molar-refractivity contribution in [1.82, 2.24) is 4.90 Å². The Kier molecular flexibility index (Phi) is 5.31. The van der Waals surface area contributed by atoms with Crippen LogP contribution in [0, 0.1) is 5.92 Å². The van der Waals surface area contributed by atoms with E-state index in [1.54, 1.807) is 12.0 Å². The second-order valence-corrected chi connectivity index (χ2v) is 6.19. The number of amides is 1. The van der Waals surface area contributed by atoms with E-state index in [-0.39, 0.29) is 11.8 Å².